The van der Waals surface area contributed by atoms with Crippen LogP contribution in [0.25, 0.3) is 0 Å². The summed E-state index contributed by atoms with van der Waals surface area (Å²) in [5.74, 6) is 3.49. The molecule has 2 heteroatoms. The Morgan fingerprint density at radius 2 is 1.77 bits per heavy atom. The Morgan fingerprint density at radius 3 is 2.23 bits per heavy atom. The Balaban J connectivity index is 2.46. The maximum Gasteiger partial charge on any atom is 0.129 e. The molecule has 1 N–H and O–H groups in total. The van der Waals surface area contributed by atoms with Crippen molar-refractivity contribution in [3.8, 4) is 11.5 Å². The van der Waals surface area contributed by atoms with Gasteiger partial charge in [-0.05, 0) is 18.8 Å². The summed E-state index contributed by atoms with van der Waals surface area (Å²) in [6, 6.07) is 0. The number of aliphatic hydroxyl groups excluding tert-OH is 1. The largest absolute Gasteiger partial charge is 0.380 e. The van der Waals surface area contributed by atoms with Crippen molar-refractivity contribution in [2.24, 2.45) is 5.92 Å². The van der Waals surface area contributed by atoms with Crippen LogP contribution in [0.3, 0.4) is 0 Å². The van der Waals surface area contributed by atoms with Gasteiger partial charge < -0.3 is 5.11 Å². The van der Waals surface area contributed by atoms with Crippen LogP contribution in [0.15, 0.2) is 0 Å². The highest BCUT2D eigenvalue weighted by Gasteiger charge is 2.21. The summed E-state index contributed by atoms with van der Waals surface area (Å²) >= 11 is 0. The highest BCUT2D eigenvalue weighted by molar-refractivity contribution is 6.83. The summed E-state index contributed by atoms with van der Waals surface area (Å²) in [6.07, 6.45) is 4.53. The van der Waals surface area contributed by atoms with Gasteiger partial charge in [-0.3, -0.25) is 0 Å². The molecular weight excluding hydrogens is 176 g/mol. The van der Waals surface area contributed by atoms with Gasteiger partial charge in [0.2, 0.25) is 0 Å². The predicted molar refractivity (Wildman–Crippen MR) is 59.1 cm³/mol. The second kappa shape index (κ2) is 4.30. The Kier molecular flexibility index (Phi) is 3.58. The summed E-state index contributed by atoms with van der Waals surface area (Å²) in [4.78, 5) is 0. The minimum absolute atomic E-state index is 0.353. The first kappa shape index (κ1) is 10.8. The third-order valence-corrected chi connectivity index (χ3v) is 3.34. The third kappa shape index (κ3) is 3.97. The number of aliphatic hydroxyl groups is 1. The molecule has 0 heterocycles. The fraction of sp³-hybridized carbons (Fsp3) is 0.818. The molecule has 0 spiro atoms. The number of hydrogen-bond acceptors (Lipinski definition) is 1. The minimum atomic E-state index is -1.29. The second-order valence-corrected chi connectivity index (χ2v) is 9.76. The predicted octanol–water partition coefficient (Wildman–Crippen LogP) is 2.42. The molecule has 0 aromatic heterocycles. The van der Waals surface area contributed by atoms with Gasteiger partial charge >= 0.3 is 0 Å². The lowest BCUT2D eigenvalue weighted by Crippen LogP contribution is -2.20. The van der Waals surface area contributed by atoms with Gasteiger partial charge in [-0.15, -0.1) is 5.54 Å². The van der Waals surface area contributed by atoms with Gasteiger partial charge in [-0.2, -0.15) is 0 Å². The lowest BCUT2D eigenvalue weighted by Gasteiger charge is -2.12. The van der Waals surface area contributed by atoms with Crippen molar-refractivity contribution in [1.82, 2.24) is 0 Å². The average molecular weight is 196 g/mol. The quantitative estimate of drug-likeness (QED) is 0.504. The fourth-order valence-electron chi connectivity index (χ4n) is 1.68. The molecule has 13 heavy (non-hydrogen) atoms. The average Bonchev–Trinajstić information content (AvgIpc) is 2.50. The van der Waals surface area contributed by atoms with E-state index in [-0.39, 0.29) is 6.10 Å². The van der Waals surface area contributed by atoms with Gasteiger partial charge in [0.1, 0.15) is 14.2 Å². The molecular formula is C11H20OSi. The molecule has 0 aromatic rings. The van der Waals surface area contributed by atoms with Gasteiger partial charge in [0.25, 0.3) is 0 Å². The van der Waals surface area contributed by atoms with E-state index in [0.717, 1.165) is 0 Å². The van der Waals surface area contributed by atoms with E-state index < -0.39 is 8.07 Å². The van der Waals surface area contributed by atoms with E-state index in [1.807, 2.05) is 0 Å². The van der Waals surface area contributed by atoms with Gasteiger partial charge in [0, 0.05) is 0 Å². The molecule has 0 radical (unpaired) electrons. The van der Waals surface area contributed by atoms with Crippen LogP contribution >= 0.6 is 0 Å². The van der Waals surface area contributed by atoms with E-state index in [1.165, 1.54) is 25.7 Å². The molecule has 1 atom stereocenters. The first-order chi connectivity index (χ1) is 5.99. The van der Waals surface area contributed by atoms with E-state index in [4.69, 9.17) is 0 Å². The zero-order chi connectivity index (χ0) is 9.90. The third-order valence-electron chi connectivity index (χ3n) is 2.44. The molecule has 1 rings (SSSR count). The molecule has 1 saturated carbocycles. The normalized spacial score (nSPS) is 20.9. The number of rotatable bonds is 1. The molecule has 1 fully saturated rings. The SMILES string of the molecule is C[Si](C)(C)C#CC(O)C1CCCC1. The molecule has 1 nitrogen and oxygen atoms in total. The zero-order valence-electron chi connectivity index (χ0n) is 8.93. The highest BCUT2D eigenvalue weighted by atomic mass is 28.3. The van der Waals surface area contributed by atoms with E-state index in [9.17, 15) is 5.11 Å². The van der Waals surface area contributed by atoms with Crippen molar-refractivity contribution in [2.45, 2.75) is 51.4 Å². The highest BCUT2D eigenvalue weighted by Crippen LogP contribution is 2.27. The van der Waals surface area contributed by atoms with Crippen molar-refractivity contribution < 1.29 is 5.11 Å². The van der Waals surface area contributed by atoms with Crippen LogP contribution in [0.5, 0.6) is 0 Å². The Labute approximate surface area is 82.6 Å². The first-order valence-corrected chi connectivity index (χ1v) is 8.70. The lowest BCUT2D eigenvalue weighted by atomic mass is 10.0. The Hall–Kier alpha value is -0.263. The monoisotopic (exact) mass is 196 g/mol. The molecule has 0 aromatic carbocycles. The molecule has 0 bridgehead atoms. The summed E-state index contributed by atoms with van der Waals surface area (Å²) in [5, 5.41) is 9.76. The van der Waals surface area contributed by atoms with Crippen molar-refractivity contribution in [3.63, 3.8) is 0 Å². The zero-order valence-corrected chi connectivity index (χ0v) is 9.93. The second-order valence-electron chi connectivity index (χ2n) is 5.01. The minimum Gasteiger partial charge on any atom is -0.380 e. The molecule has 0 saturated heterocycles. The topological polar surface area (TPSA) is 20.2 Å². The van der Waals surface area contributed by atoms with Crippen LogP contribution in [0.1, 0.15) is 25.7 Å². The van der Waals surface area contributed by atoms with Crippen molar-refractivity contribution in [1.29, 1.82) is 0 Å². The fourth-order valence-corrected chi connectivity index (χ4v) is 2.26. The lowest BCUT2D eigenvalue weighted by molar-refractivity contribution is 0.165. The van der Waals surface area contributed by atoms with Crippen LogP contribution < -0.4 is 0 Å². The number of hydrogen-bond donors (Lipinski definition) is 1. The van der Waals surface area contributed by atoms with E-state index in [0.29, 0.717) is 5.92 Å². The van der Waals surface area contributed by atoms with Crippen molar-refractivity contribution in [3.05, 3.63) is 0 Å². The molecule has 74 valence electrons. The van der Waals surface area contributed by atoms with Gasteiger partial charge in [0.05, 0.1) is 0 Å². The smallest absolute Gasteiger partial charge is 0.129 e. The van der Waals surface area contributed by atoms with Crippen LogP contribution in [0.2, 0.25) is 19.6 Å². The van der Waals surface area contributed by atoms with Crippen LogP contribution in [-0.2, 0) is 0 Å². The van der Waals surface area contributed by atoms with Crippen LogP contribution in [0, 0.1) is 17.4 Å². The molecule has 1 aliphatic carbocycles. The summed E-state index contributed by atoms with van der Waals surface area (Å²) in [7, 11) is -1.29. The molecule has 1 unspecified atom stereocenters. The van der Waals surface area contributed by atoms with E-state index in [1.54, 1.807) is 0 Å². The first-order valence-electron chi connectivity index (χ1n) is 5.20. The Morgan fingerprint density at radius 1 is 1.23 bits per heavy atom. The van der Waals surface area contributed by atoms with Gasteiger partial charge in [-0.1, -0.05) is 38.4 Å². The van der Waals surface area contributed by atoms with Crippen molar-refractivity contribution in [2.75, 3.05) is 0 Å². The molecule has 0 aliphatic heterocycles. The van der Waals surface area contributed by atoms with Gasteiger partial charge in [0.15, 0.2) is 0 Å². The van der Waals surface area contributed by atoms with Gasteiger partial charge in [-0.25, -0.2) is 0 Å². The van der Waals surface area contributed by atoms with Crippen LogP contribution in [-0.4, -0.2) is 19.3 Å². The summed E-state index contributed by atoms with van der Waals surface area (Å²) in [6.45, 7) is 6.63. The standard InChI is InChI=1S/C11H20OSi/c1-13(2,3)9-8-11(12)10-6-4-5-7-10/h10-12H,4-7H2,1-3H3. The maximum atomic E-state index is 9.76. The van der Waals surface area contributed by atoms with Crippen molar-refractivity contribution >= 4 is 8.07 Å². The maximum absolute atomic E-state index is 9.76. The van der Waals surface area contributed by atoms with E-state index in [2.05, 4.69) is 31.1 Å². The molecule has 0 amide bonds. The van der Waals surface area contributed by atoms with Crippen LogP contribution in [0.4, 0.5) is 0 Å². The molecule has 1 aliphatic rings. The Bertz CT molecular complexity index is 212. The summed E-state index contributed by atoms with van der Waals surface area (Å²) < 4.78 is 0. The summed E-state index contributed by atoms with van der Waals surface area (Å²) in [5.41, 5.74) is 3.24. The van der Waals surface area contributed by atoms with E-state index >= 15 is 0 Å².